The molecule has 19 heavy (non-hydrogen) atoms. The smallest absolute Gasteiger partial charge is 0.358 e. The van der Waals surface area contributed by atoms with Crippen LogP contribution in [0.2, 0.25) is 0 Å². The van der Waals surface area contributed by atoms with E-state index in [0.29, 0.717) is 0 Å². The van der Waals surface area contributed by atoms with Gasteiger partial charge in [-0.1, -0.05) is 18.2 Å². The number of nitro groups is 1. The summed E-state index contributed by atoms with van der Waals surface area (Å²) in [7, 11) is 0. The average Bonchev–Trinajstić information content (AvgIpc) is 2.77. The molecule has 0 aliphatic carbocycles. The average molecular weight is 271 g/mol. The van der Waals surface area contributed by atoms with Crippen molar-refractivity contribution >= 4 is 5.82 Å². The summed E-state index contributed by atoms with van der Waals surface area (Å²) >= 11 is 0. The number of aromatic nitrogens is 2. The molecule has 100 valence electrons. The van der Waals surface area contributed by atoms with Crippen LogP contribution in [-0.2, 0) is 12.7 Å². The Morgan fingerprint density at radius 2 is 1.95 bits per heavy atom. The summed E-state index contributed by atoms with van der Waals surface area (Å²) in [5.74, 6) is -0.399. The second-order valence-corrected chi connectivity index (χ2v) is 3.78. The molecule has 0 fully saturated rings. The molecule has 0 N–H and O–H groups in total. The largest absolute Gasteiger partial charge is 0.416 e. The van der Waals surface area contributed by atoms with Crippen molar-refractivity contribution in [3.63, 3.8) is 0 Å². The van der Waals surface area contributed by atoms with Gasteiger partial charge in [0.15, 0.2) is 0 Å². The molecule has 0 aliphatic heterocycles. The van der Waals surface area contributed by atoms with Crippen LogP contribution in [0.4, 0.5) is 19.0 Å². The minimum Gasteiger partial charge on any atom is -0.358 e. The zero-order valence-corrected chi connectivity index (χ0v) is 9.46. The van der Waals surface area contributed by atoms with Crippen molar-refractivity contribution < 1.29 is 18.1 Å². The molecule has 0 atom stereocenters. The van der Waals surface area contributed by atoms with Crippen LogP contribution in [0.25, 0.3) is 0 Å². The van der Waals surface area contributed by atoms with Gasteiger partial charge in [0.25, 0.3) is 0 Å². The lowest BCUT2D eigenvalue weighted by Crippen LogP contribution is -2.12. The van der Waals surface area contributed by atoms with E-state index in [0.717, 1.165) is 16.8 Å². The van der Waals surface area contributed by atoms with Crippen molar-refractivity contribution in [3.05, 3.63) is 57.8 Å². The van der Waals surface area contributed by atoms with Crippen molar-refractivity contribution in [1.29, 1.82) is 0 Å². The van der Waals surface area contributed by atoms with E-state index >= 15 is 0 Å². The van der Waals surface area contributed by atoms with Gasteiger partial charge < -0.3 is 10.1 Å². The molecular weight excluding hydrogens is 263 g/mol. The predicted octanol–water partition coefficient (Wildman–Crippen LogP) is 2.86. The summed E-state index contributed by atoms with van der Waals surface area (Å²) in [5, 5.41) is 14.0. The number of alkyl halides is 3. The van der Waals surface area contributed by atoms with Crippen LogP contribution in [0.3, 0.4) is 0 Å². The van der Waals surface area contributed by atoms with Gasteiger partial charge in [-0.05, 0) is 16.6 Å². The first-order valence-corrected chi connectivity index (χ1v) is 5.21. The molecular formula is C11H8F3N3O2. The van der Waals surface area contributed by atoms with Gasteiger partial charge >= 0.3 is 12.0 Å². The maximum Gasteiger partial charge on any atom is 0.416 e. The van der Waals surface area contributed by atoms with E-state index in [-0.39, 0.29) is 12.1 Å². The molecule has 1 heterocycles. The third-order valence-corrected chi connectivity index (χ3v) is 2.47. The topological polar surface area (TPSA) is 61.0 Å². The fraction of sp³-hybridized carbons (Fsp3) is 0.182. The van der Waals surface area contributed by atoms with Gasteiger partial charge in [0.05, 0.1) is 29.5 Å². The second-order valence-electron chi connectivity index (χ2n) is 3.78. The van der Waals surface area contributed by atoms with Crippen LogP contribution in [0.1, 0.15) is 11.1 Å². The van der Waals surface area contributed by atoms with Gasteiger partial charge in [0, 0.05) is 0 Å². The van der Waals surface area contributed by atoms with E-state index in [4.69, 9.17) is 0 Å². The number of hydrogen-bond donors (Lipinski definition) is 0. The van der Waals surface area contributed by atoms with E-state index in [1.54, 1.807) is 0 Å². The van der Waals surface area contributed by atoms with Gasteiger partial charge in [-0.25, -0.2) is 0 Å². The predicted molar refractivity (Wildman–Crippen MR) is 59.4 cm³/mol. The molecule has 1 aromatic carbocycles. The van der Waals surface area contributed by atoms with Gasteiger partial charge in [-0.2, -0.15) is 17.9 Å². The Bertz CT molecular complexity index is 607. The molecule has 0 spiro atoms. The number of hydrogen-bond acceptors (Lipinski definition) is 3. The van der Waals surface area contributed by atoms with E-state index in [1.807, 2.05) is 0 Å². The molecule has 0 amide bonds. The SMILES string of the molecule is O=[N+]([O-])c1ccn(Cc2ccccc2C(F)(F)F)n1. The van der Waals surface area contributed by atoms with Crippen molar-refractivity contribution in [3.8, 4) is 0 Å². The van der Waals surface area contributed by atoms with Crippen molar-refractivity contribution in [2.45, 2.75) is 12.7 Å². The summed E-state index contributed by atoms with van der Waals surface area (Å²) in [6, 6.07) is 6.18. The highest BCUT2D eigenvalue weighted by Gasteiger charge is 2.33. The monoisotopic (exact) mass is 271 g/mol. The first-order valence-electron chi connectivity index (χ1n) is 5.21. The Labute approximate surface area is 105 Å². The van der Waals surface area contributed by atoms with Gasteiger partial charge in [0.2, 0.25) is 0 Å². The Kier molecular flexibility index (Phi) is 3.24. The lowest BCUT2D eigenvalue weighted by molar-refractivity contribution is -0.389. The van der Waals surface area contributed by atoms with Gasteiger partial charge in [-0.3, -0.25) is 0 Å². The van der Waals surface area contributed by atoms with E-state index < -0.39 is 22.5 Å². The van der Waals surface area contributed by atoms with E-state index in [9.17, 15) is 23.3 Å². The number of benzene rings is 1. The van der Waals surface area contributed by atoms with E-state index in [1.165, 1.54) is 24.4 Å². The third kappa shape index (κ3) is 2.90. The molecule has 0 bridgehead atoms. The molecule has 1 aromatic heterocycles. The van der Waals surface area contributed by atoms with Crippen LogP contribution in [0, 0.1) is 10.1 Å². The Morgan fingerprint density at radius 1 is 1.26 bits per heavy atom. The molecule has 0 radical (unpaired) electrons. The van der Waals surface area contributed by atoms with Crippen molar-refractivity contribution in [1.82, 2.24) is 9.78 Å². The van der Waals surface area contributed by atoms with Gasteiger partial charge in [0.1, 0.15) is 0 Å². The lowest BCUT2D eigenvalue weighted by Gasteiger charge is -2.11. The molecule has 0 saturated heterocycles. The minimum absolute atomic E-state index is 0.00741. The fourth-order valence-corrected chi connectivity index (χ4v) is 1.65. The maximum atomic E-state index is 12.7. The van der Waals surface area contributed by atoms with Crippen LogP contribution < -0.4 is 0 Å². The summed E-state index contributed by atoms with van der Waals surface area (Å²) in [6.07, 6.45) is -3.19. The minimum atomic E-state index is -4.46. The van der Waals surface area contributed by atoms with Crippen molar-refractivity contribution in [2.24, 2.45) is 0 Å². The Balaban J connectivity index is 2.30. The zero-order chi connectivity index (χ0) is 14.0. The second kappa shape index (κ2) is 4.71. The van der Waals surface area contributed by atoms with Crippen LogP contribution >= 0.6 is 0 Å². The molecule has 0 unspecified atom stereocenters. The van der Waals surface area contributed by atoms with Crippen molar-refractivity contribution in [2.75, 3.05) is 0 Å². The Morgan fingerprint density at radius 3 is 2.53 bits per heavy atom. The first-order chi connectivity index (χ1) is 8.88. The highest BCUT2D eigenvalue weighted by Crippen LogP contribution is 2.32. The number of nitrogens with zero attached hydrogens (tertiary/aromatic N) is 3. The summed E-state index contributed by atoms with van der Waals surface area (Å²) in [4.78, 5) is 9.74. The molecule has 2 aromatic rings. The molecule has 5 nitrogen and oxygen atoms in total. The molecule has 0 saturated carbocycles. The van der Waals surface area contributed by atoms with Crippen LogP contribution in [0.5, 0.6) is 0 Å². The standard InChI is InChI=1S/C11H8F3N3O2/c12-11(13,14)9-4-2-1-3-8(9)7-16-6-5-10(15-16)17(18)19/h1-6H,7H2. The van der Waals surface area contributed by atoms with E-state index in [2.05, 4.69) is 5.10 Å². The normalized spacial score (nSPS) is 11.5. The lowest BCUT2D eigenvalue weighted by atomic mass is 10.1. The number of halogens is 3. The summed E-state index contributed by atoms with van der Waals surface area (Å²) in [6.45, 7) is -0.177. The van der Waals surface area contributed by atoms with Crippen LogP contribution in [0.15, 0.2) is 36.5 Å². The van der Waals surface area contributed by atoms with Crippen LogP contribution in [-0.4, -0.2) is 14.7 Å². The molecule has 2 rings (SSSR count). The highest BCUT2D eigenvalue weighted by molar-refractivity contribution is 5.30. The third-order valence-electron chi connectivity index (χ3n) is 2.47. The first kappa shape index (κ1) is 13.1. The maximum absolute atomic E-state index is 12.7. The molecule has 8 heteroatoms. The zero-order valence-electron chi connectivity index (χ0n) is 9.46. The summed E-state index contributed by atoms with van der Waals surface area (Å²) in [5.41, 5.74) is -0.763. The molecule has 0 aliphatic rings. The number of rotatable bonds is 3. The fourth-order valence-electron chi connectivity index (χ4n) is 1.65. The summed E-state index contributed by atoms with van der Waals surface area (Å²) < 4.78 is 39.3. The quantitative estimate of drug-likeness (QED) is 0.637. The Hall–Kier alpha value is -2.38. The highest BCUT2D eigenvalue weighted by atomic mass is 19.4. The van der Waals surface area contributed by atoms with Gasteiger partial charge in [-0.15, -0.1) is 0 Å².